The number of esters is 4. The van der Waals surface area contributed by atoms with Crippen molar-refractivity contribution in [1.82, 2.24) is 0 Å². The number of methoxy groups -OCH3 is 1. The third kappa shape index (κ3) is 7.69. The molecule has 0 saturated heterocycles. The van der Waals surface area contributed by atoms with E-state index < -0.39 is 35.9 Å². The zero-order valence-electron chi connectivity index (χ0n) is 11.2. The average molecular weight is 272 g/mol. The molecule has 0 aliphatic rings. The second-order valence-corrected chi connectivity index (χ2v) is 4.48. The van der Waals surface area contributed by atoms with E-state index in [0.29, 0.717) is 0 Å². The summed E-state index contributed by atoms with van der Waals surface area (Å²) in [6.45, 7) is 4.02. The second-order valence-electron chi connectivity index (χ2n) is 4.48. The van der Waals surface area contributed by atoms with Gasteiger partial charge in [0.15, 0.2) is 6.61 Å². The van der Waals surface area contributed by atoms with Gasteiger partial charge in [0.2, 0.25) is 0 Å². The Morgan fingerprint density at radius 3 is 2.00 bits per heavy atom. The zero-order chi connectivity index (χ0) is 15.1. The average Bonchev–Trinajstić information content (AvgIpc) is 2.32. The van der Waals surface area contributed by atoms with Gasteiger partial charge < -0.3 is 14.2 Å². The summed E-state index contributed by atoms with van der Waals surface area (Å²) < 4.78 is 13.1. The summed E-state index contributed by atoms with van der Waals surface area (Å²) in [6.07, 6.45) is 1.64. The molecule has 0 aromatic rings. The Labute approximate surface area is 110 Å². The molecule has 0 N–H and O–H groups in total. The molecule has 0 rings (SSSR count). The van der Waals surface area contributed by atoms with Crippen LogP contribution in [0.1, 0.15) is 20.8 Å². The molecular weight excluding hydrogens is 256 g/mol. The maximum Gasteiger partial charge on any atom is 0.351 e. The molecule has 7 nitrogen and oxygen atoms in total. The van der Waals surface area contributed by atoms with E-state index in [1.165, 1.54) is 0 Å². The highest BCUT2D eigenvalue weighted by Gasteiger charge is 2.25. The van der Waals surface area contributed by atoms with Crippen molar-refractivity contribution < 1.29 is 33.4 Å². The van der Waals surface area contributed by atoms with Gasteiger partial charge in [-0.15, -0.1) is 0 Å². The summed E-state index contributed by atoms with van der Waals surface area (Å²) in [4.78, 5) is 44.2. The van der Waals surface area contributed by atoms with E-state index in [1.807, 2.05) is 0 Å². The highest BCUT2D eigenvalue weighted by atomic mass is 16.6. The minimum atomic E-state index is -0.986. The summed E-state index contributed by atoms with van der Waals surface area (Å²) in [6, 6.07) is 0. The first-order valence-corrected chi connectivity index (χ1v) is 5.34. The first kappa shape index (κ1) is 16.8. The standard InChI is InChI=1S/C12H16O7/c1-12(2,3)11(16)19-10(15)7-18-9(14)6-5-8(13)17-4/h5-6H,7H2,1-4H3/b6-5-. The van der Waals surface area contributed by atoms with Crippen molar-refractivity contribution in [1.29, 1.82) is 0 Å². The minimum Gasteiger partial charge on any atom is -0.466 e. The molecule has 0 aliphatic heterocycles. The van der Waals surface area contributed by atoms with Gasteiger partial charge in [0.25, 0.3) is 0 Å². The molecule has 0 spiro atoms. The molecule has 0 heterocycles. The van der Waals surface area contributed by atoms with Crippen molar-refractivity contribution in [2.75, 3.05) is 13.7 Å². The number of ether oxygens (including phenoxy) is 3. The van der Waals surface area contributed by atoms with Crippen molar-refractivity contribution in [3.63, 3.8) is 0 Å². The van der Waals surface area contributed by atoms with Gasteiger partial charge in [-0.05, 0) is 20.8 Å². The van der Waals surface area contributed by atoms with E-state index >= 15 is 0 Å². The van der Waals surface area contributed by atoms with Crippen LogP contribution in [0, 0.1) is 5.41 Å². The van der Waals surface area contributed by atoms with Crippen molar-refractivity contribution in [2.24, 2.45) is 5.41 Å². The van der Waals surface area contributed by atoms with E-state index in [2.05, 4.69) is 14.2 Å². The van der Waals surface area contributed by atoms with E-state index in [0.717, 1.165) is 19.3 Å². The molecule has 0 fully saturated rings. The van der Waals surface area contributed by atoms with Gasteiger partial charge in [0, 0.05) is 12.2 Å². The van der Waals surface area contributed by atoms with Crippen LogP contribution in [0.15, 0.2) is 12.2 Å². The van der Waals surface area contributed by atoms with Crippen LogP contribution in [0.25, 0.3) is 0 Å². The van der Waals surface area contributed by atoms with Crippen LogP contribution in [-0.2, 0) is 33.4 Å². The normalized spacial score (nSPS) is 10.9. The van der Waals surface area contributed by atoms with Crippen molar-refractivity contribution >= 4 is 23.9 Å². The van der Waals surface area contributed by atoms with Gasteiger partial charge in [0.05, 0.1) is 12.5 Å². The highest BCUT2D eigenvalue weighted by molar-refractivity contribution is 5.93. The lowest BCUT2D eigenvalue weighted by molar-refractivity contribution is -0.170. The van der Waals surface area contributed by atoms with Crippen LogP contribution < -0.4 is 0 Å². The van der Waals surface area contributed by atoms with Gasteiger partial charge in [-0.2, -0.15) is 0 Å². The topological polar surface area (TPSA) is 96.0 Å². The number of rotatable bonds is 4. The molecule has 0 aromatic heterocycles. The first-order valence-electron chi connectivity index (χ1n) is 5.34. The Balaban J connectivity index is 4.11. The Morgan fingerprint density at radius 1 is 1.00 bits per heavy atom. The molecule has 0 aliphatic carbocycles. The molecule has 0 aromatic carbocycles. The largest absolute Gasteiger partial charge is 0.466 e. The van der Waals surface area contributed by atoms with E-state index in [-0.39, 0.29) is 0 Å². The molecule has 7 heteroatoms. The van der Waals surface area contributed by atoms with E-state index in [4.69, 9.17) is 0 Å². The summed E-state index contributed by atoms with van der Waals surface area (Å²) in [5.41, 5.74) is -0.829. The lowest BCUT2D eigenvalue weighted by Gasteiger charge is -2.14. The smallest absolute Gasteiger partial charge is 0.351 e. The van der Waals surface area contributed by atoms with Gasteiger partial charge in [-0.3, -0.25) is 4.79 Å². The fourth-order valence-electron chi connectivity index (χ4n) is 0.668. The molecule has 0 saturated carbocycles. The lowest BCUT2D eigenvalue weighted by Crippen LogP contribution is -2.28. The van der Waals surface area contributed by atoms with Crippen molar-refractivity contribution in [3.8, 4) is 0 Å². The summed E-state index contributed by atoms with van der Waals surface area (Å²) in [5, 5.41) is 0. The van der Waals surface area contributed by atoms with Gasteiger partial charge in [-0.1, -0.05) is 0 Å². The fourth-order valence-corrected chi connectivity index (χ4v) is 0.668. The minimum absolute atomic E-state index is 0.716. The summed E-state index contributed by atoms with van der Waals surface area (Å²) in [7, 11) is 1.15. The van der Waals surface area contributed by atoms with Crippen LogP contribution in [0.3, 0.4) is 0 Å². The Kier molecular flexibility index (Phi) is 6.46. The van der Waals surface area contributed by atoms with Crippen LogP contribution in [0.2, 0.25) is 0 Å². The quantitative estimate of drug-likeness (QED) is 0.316. The summed E-state index contributed by atoms with van der Waals surface area (Å²) >= 11 is 0. The molecule has 0 amide bonds. The molecule has 19 heavy (non-hydrogen) atoms. The summed E-state index contributed by atoms with van der Waals surface area (Å²) in [5.74, 6) is -3.37. The van der Waals surface area contributed by atoms with E-state index in [1.54, 1.807) is 20.8 Å². The number of carbonyl (C=O) groups excluding carboxylic acids is 4. The van der Waals surface area contributed by atoms with Crippen LogP contribution in [-0.4, -0.2) is 37.6 Å². The Morgan fingerprint density at radius 2 is 1.53 bits per heavy atom. The zero-order valence-corrected chi connectivity index (χ0v) is 11.2. The van der Waals surface area contributed by atoms with Crippen LogP contribution in [0.5, 0.6) is 0 Å². The maximum absolute atomic E-state index is 11.3. The third-order valence-electron chi connectivity index (χ3n) is 1.71. The Hall–Kier alpha value is -2.18. The highest BCUT2D eigenvalue weighted by Crippen LogP contribution is 2.14. The van der Waals surface area contributed by atoms with Crippen LogP contribution in [0.4, 0.5) is 0 Å². The Bertz CT molecular complexity index is 401. The molecule has 0 radical (unpaired) electrons. The fraction of sp³-hybridized carbons (Fsp3) is 0.500. The third-order valence-corrected chi connectivity index (χ3v) is 1.71. The number of hydrogen-bond acceptors (Lipinski definition) is 7. The predicted octanol–water partition coefficient (Wildman–Crippen LogP) is 0.375. The van der Waals surface area contributed by atoms with E-state index in [9.17, 15) is 19.2 Å². The molecule has 0 bridgehead atoms. The van der Waals surface area contributed by atoms with Crippen molar-refractivity contribution in [3.05, 3.63) is 12.2 Å². The second kappa shape index (κ2) is 7.30. The lowest BCUT2D eigenvalue weighted by atomic mass is 9.97. The SMILES string of the molecule is COC(=O)/C=C\C(=O)OCC(=O)OC(=O)C(C)(C)C. The number of carbonyl (C=O) groups is 4. The van der Waals surface area contributed by atoms with Crippen molar-refractivity contribution in [2.45, 2.75) is 20.8 Å². The first-order chi connectivity index (χ1) is 8.66. The predicted molar refractivity (Wildman–Crippen MR) is 62.7 cm³/mol. The van der Waals surface area contributed by atoms with Gasteiger partial charge in [0.1, 0.15) is 0 Å². The molecule has 106 valence electrons. The molecule has 0 atom stereocenters. The van der Waals surface area contributed by atoms with Gasteiger partial charge >= 0.3 is 23.9 Å². The monoisotopic (exact) mass is 272 g/mol. The molecule has 0 unspecified atom stereocenters. The van der Waals surface area contributed by atoms with Gasteiger partial charge in [-0.25, -0.2) is 14.4 Å². The number of hydrogen-bond donors (Lipinski definition) is 0. The maximum atomic E-state index is 11.3. The van der Waals surface area contributed by atoms with Crippen LogP contribution >= 0.6 is 0 Å². The molecular formula is C12H16O7.